The third-order valence-corrected chi connectivity index (χ3v) is 4.00. The first-order chi connectivity index (χ1) is 11.5. The number of benzene rings is 1. The number of piperidine rings is 1. The summed E-state index contributed by atoms with van der Waals surface area (Å²) in [5.74, 6) is -0.608. The van der Waals surface area contributed by atoms with E-state index in [9.17, 15) is 14.4 Å². The number of hydrogen-bond acceptors (Lipinski definition) is 3. The predicted octanol–water partition coefficient (Wildman–Crippen LogP) is 1.91. The molecule has 0 bridgehead atoms. The van der Waals surface area contributed by atoms with Gasteiger partial charge in [0.15, 0.2) is 0 Å². The second-order valence-corrected chi connectivity index (χ2v) is 5.99. The van der Waals surface area contributed by atoms with Crippen molar-refractivity contribution >= 4 is 29.5 Å². The zero-order valence-corrected chi connectivity index (χ0v) is 13.8. The Balaban J connectivity index is 2.00. The maximum atomic E-state index is 12.4. The molecule has 1 aromatic rings. The molecule has 0 unspecified atom stereocenters. The van der Waals surface area contributed by atoms with E-state index < -0.39 is 0 Å². The molecule has 1 fully saturated rings. The fourth-order valence-electron chi connectivity index (χ4n) is 2.88. The number of nitrogens with zero attached hydrogens (tertiary/aromatic N) is 1. The van der Waals surface area contributed by atoms with Crippen molar-refractivity contribution in [1.82, 2.24) is 4.90 Å². The smallest absolute Gasteiger partial charge is 0.246 e. The Morgan fingerprint density at radius 1 is 1.25 bits per heavy atom. The molecule has 24 heavy (non-hydrogen) atoms. The summed E-state index contributed by atoms with van der Waals surface area (Å²) in [6.07, 6.45) is 6.23. The van der Waals surface area contributed by atoms with Crippen molar-refractivity contribution in [2.75, 3.05) is 11.9 Å². The molecule has 1 heterocycles. The molecule has 3 N–H and O–H groups in total. The van der Waals surface area contributed by atoms with E-state index in [4.69, 9.17) is 5.73 Å². The minimum Gasteiger partial charge on any atom is -0.370 e. The Hall–Kier alpha value is -2.63. The van der Waals surface area contributed by atoms with Gasteiger partial charge < -0.3 is 16.0 Å². The van der Waals surface area contributed by atoms with E-state index in [2.05, 4.69) is 5.32 Å². The first-order valence-electron chi connectivity index (χ1n) is 8.10. The molecule has 128 valence electrons. The highest BCUT2D eigenvalue weighted by Gasteiger charge is 2.26. The number of rotatable bonds is 5. The maximum Gasteiger partial charge on any atom is 0.246 e. The van der Waals surface area contributed by atoms with Gasteiger partial charge in [-0.1, -0.05) is 12.1 Å². The molecule has 0 radical (unpaired) electrons. The molecule has 0 aliphatic carbocycles. The molecule has 1 aliphatic heterocycles. The third kappa shape index (κ3) is 5.22. The van der Waals surface area contributed by atoms with Crippen LogP contribution in [0, 0.1) is 0 Å². The number of nitrogens with one attached hydrogen (secondary N) is 1. The highest BCUT2D eigenvalue weighted by molar-refractivity contribution is 5.93. The van der Waals surface area contributed by atoms with Crippen molar-refractivity contribution in [2.45, 2.75) is 38.6 Å². The zero-order valence-electron chi connectivity index (χ0n) is 13.8. The van der Waals surface area contributed by atoms with Gasteiger partial charge in [0, 0.05) is 37.7 Å². The summed E-state index contributed by atoms with van der Waals surface area (Å²) in [7, 11) is 0. The highest BCUT2D eigenvalue weighted by atomic mass is 16.2. The molecule has 0 aromatic heterocycles. The maximum absolute atomic E-state index is 12.4. The lowest BCUT2D eigenvalue weighted by molar-refractivity contribution is -0.131. The van der Waals surface area contributed by atoms with Crippen LogP contribution in [0.4, 0.5) is 5.69 Å². The summed E-state index contributed by atoms with van der Waals surface area (Å²) < 4.78 is 0. The van der Waals surface area contributed by atoms with E-state index in [1.54, 1.807) is 23.1 Å². The van der Waals surface area contributed by atoms with Gasteiger partial charge in [0.1, 0.15) is 0 Å². The van der Waals surface area contributed by atoms with Crippen LogP contribution in [-0.4, -0.2) is 35.2 Å². The van der Waals surface area contributed by atoms with Crippen molar-refractivity contribution in [3.8, 4) is 0 Å². The number of carbonyl (C=O) groups is 3. The van der Waals surface area contributed by atoms with Gasteiger partial charge in [-0.3, -0.25) is 14.4 Å². The molecule has 1 atom stereocenters. The quantitative estimate of drug-likeness (QED) is 0.808. The molecule has 1 aliphatic rings. The standard InChI is InChI=1S/C18H23N3O3/c1-13(22)20-15-8-5-14(6-9-15)7-10-18(24)21-11-3-2-4-16(21)12-17(19)23/h5-10,16H,2-4,11-12H2,1H3,(H2,19,23)(H,20,22)/b10-7-/t16-/m0/s1. The summed E-state index contributed by atoms with van der Waals surface area (Å²) in [6.45, 7) is 2.11. The van der Waals surface area contributed by atoms with Gasteiger partial charge in [-0.05, 0) is 43.0 Å². The fraction of sp³-hybridized carbons (Fsp3) is 0.389. The minimum absolute atomic E-state index is 0.101. The van der Waals surface area contributed by atoms with Gasteiger partial charge in [0.2, 0.25) is 17.7 Å². The molecule has 2 rings (SSSR count). The second-order valence-electron chi connectivity index (χ2n) is 5.99. The number of likely N-dealkylation sites (tertiary alicyclic amines) is 1. The van der Waals surface area contributed by atoms with Gasteiger partial charge in [-0.2, -0.15) is 0 Å². The highest BCUT2D eigenvalue weighted by Crippen LogP contribution is 2.20. The fourth-order valence-corrected chi connectivity index (χ4v) is 2.88. The molecule has 6 heteroatoms. The Kier molecular flexibility index (Phi) is 6.12. The largest absolute Gasteiger partial charge is 0.370 e. The van der Waals surface area contributed by atoms with Crippen molar-refractivity contribution in [2.24, 2.45) is 5.73 Å². The van der Waals surface area contributed by atoms with E-state index >= 15 is 0 Å². The van der Waals surface area contributed by atoms with Crippen molar-refractivity contribution < 1.29 is 14.4 Å². The van der Waals surface area contributed by atoms with Gasteiger partial charge in [0.25, 0.3) is 0 Å². The molecule has 1 saturated heterocycles. The number of carbonyl (C=O) groups excluding carboxylic acids is 3. The van der Waals surface area contributed by atoms with E-state index in [0.717, 1.165) is 24.8 Å². The lowest BCUT2D eigenvalue weighted by Gasteiger charge is -2.34. The lowest BCUT2D eigenvalue weighted by atomic mass is 9.99. The first-order valence-corrected chi connectivity index (χ1v) is 8.10. The van der Waals surface area contributed by atoms with Crippen molar-refractivity contribution in [3.63, 3.8) is 0 Å². The van der Waals surface area contributed by atoms with Crippen LogP contribution < -0.4 is 11.1 Å². The summed E-state index contributed by atoms with van der Waals surface area (Å²) in [5, 5.41) is 2.69. The van der Waals surface area contributed by atoms with E-state index in [0.29, 0.717) is 12.2 Å². The summed E-state index contributed by atoms with van der Waals surface area (Å²) >= 11 is 0. The Morgan fingerprint density at radius 3 is 2.58 bits per heavy atom. The van der Waals surface area contributed by atoms with Crippen LogP contribution in [0.5, 0.6) is 0 Å². The Morgan fingerprint density at radius 2 is 1.96 bits per heavy atom. The topological polar surface area (TPSA) is 92.5 Å². The van der Waals surface area contributed by atoms with Gasteiger partial charge in [0.05, 0.1) is 0 Å². The third-order valence-electron chi connectivity index (χ3n) is 4.00. The lowest BCUT2D eigenvalue weighted by Crippen LogP contribution is -2.44. The molecular formula is C18H23N3O3. The average molecular weight is 329 g/mol. The Labute approximate surface area is 141 Å². The Bertz CT molecular complexity index is 637. The minimum atomic E-state index is -0.378. The summed E-state index contributed by atoms with van der Waals surface area (Å²) in [5.41, 5.74) is 6.85. The van der Waals surface area contributed by atoms with Gasteiger partial charge in [-0.25, -0.2) is 0 Å². The van der Waals surface area contributed by atoms with Crippen LogP contribution in [0.1, 0.15) is 38.2 Å². The molecule has 0 saturated carbocycles. The summed E-state index contributed by atoms with van der Waals surface area (Å²) in [6, 6.07) is 7.11. The number of primary amides is 1. The van der Waals surface area contributed by atoms with Crippen LogP contribution in [-0.2, 0) is 14.4 Å². The van der Waals surface area contributed by atoms with Crippen LogP contribution >= 0.6 is 0 Å². The van der Waals surface area contributed by atoms with Crippen LogP contribution in [0.3, 0.4) is 0 Å². The normalized spacial score (nSPS) is 17.7. The molecule has 0 spiro atoms. The van der Waals surface area contributed by atoms with Gasteiger partial charge >= 0.3 is 0 Å². The SMILES string of the molecule is CC(=O)Nc1ccc(/C=C\C(=O)N2CCCC[C@H]2CC(N)=O)cc1. The number of amides is 3. The van der Waals surface area contributed by atoms with E-state index in [1.165, 1.54) is 13.0 Å². The van der Waals surface area contributed by atoms with Crippen LogP contribution in [0.25, 0.3) is 6.08 Å². The number of nitrogens with two attached hydrogens (primary N) is 1. The molecular weight excluding hydrogens is 306 g/mol. The van der Waals surface area contributed by atoms with Crippen LogP contribution in [0.15, 0.2) is 30.3 Å². The van der Waals surface area contributed by atoms with E-state index in [-0.39, 0.29) is 30.2 Å². The zero-order chi connectivity index (χ0) is 17.5. The average Bonchev–Trinajstić information content (AvgIpc) is 2.53. The first kappa shape index (κ1) is 17.7. The van der Waals surface area contributed by atoms with E-state index in [1.807, 2.05) is 12.1 Å². The predicted molar refractivity (Wildman–Crippen MR) is 92.9 cm³/mol. The molecule has 1 aromatic carbocycles. The van der Waals surface area contributed by atoms with Crippen molar-refractivity contribution in [3.05, 3.63) is 35.9 Å². The molecule has 3 amide bonds. The van der Waals surface area contributed by atoms with Gasteiger partial charge in [-0.15, -0.1) is 0 Å². The number of anilines is 1. The number of hydrogen-bond donors (Lipinski definition) is 2. The van der Waals surface area contributed by atoms with Crippen molar-refractivity contribution in [1.29, 1.82) is 0 Å². The van der Waals surface area contributed by atoms with Crippen LogP contribution in [0.2, 0.25) is 0 Å². The second kappa shape index (κ2) is 8.29. The molecule has 6 nitrogen and oxygen atoms in total. The summed E-state index contributed by atoms with van der Waals surface area (Å²) in [4.78, 5) is 36.3. The monoisotopic (exact) mass is 329 g/mol.